The van der Waals surface area contributed by atoms with E-state index in [0.29, 0.717) is 18.4 Å². The van der Waals surface area contributed by atoms with Crippen LogP contribution in [0.1, 0.15) is 60.4 Å². The van der Waals surface area contributed by atoms with Crippen molar-refractivity contribution in [2.24, 2.45) is 0 Å². The Bertz CT molecular complexity index is 1230. The molecular formula is C22H22Cl2N6S. The predicted molar refractivity (Wildman–Crippen MR) is 126 cm³/mol. The van der Waals surface area contributed by atoms with Gasteiger partial charge in [-0.2, -0.15) is 4.37 Å². The van der Waals surface area contributed by atoms with Gasteiger partial charge in [0.2, 0.25) is 0 Å². The summed E-state index contributed by atoms with van der Waals surface area (Å²) in [5.41, 5.74) is 4.60. The Hall–Kier alpha value is -2.06. The van der Waals surface area contributed by atoms with Gasteiger partial charge in [-0.25, -0.2) is 0 Å². The van der Waals surface area contributed by atoms with E-state index in [1.165, 1.54) is 16.0 Å². The van der Waals surface area contributed by atoms with Crippen LogP contribution in [0.3, 0.4) is 0 Å². The lowest BCUT2D eigenvalue weighted by Gasteiger charge is -2.27. The number of hydrogen-bond donors (Lipinski definition) is 1. The van der Waals surface area contributed by atoms with Crippen LogP contribution in [0.15, 0.2) is 36.5 Å². The minimum Gasteiger partial charge on any atom is -0.306 e. The van der Waals surface area contributed by atoms with Crippen molar-refractivity contribution in [1.29, 1.82) is 0 Å². The van der Waals surface area contributed by atoms with E-state index < -0.39 is 0 Å². The Morgan fingerprint density at radius 1 is 1.03 bits per heavy atom. The molecule has 6 nitrogen and oxygen atoms in total. The summed E-state index contributed by atoms with van der Waals surface area (Å²) in [6, 6.07) is 10.2. The van der Waals surface area contributed by atoms with Crippen molar-refractivity contribution in [3.05, 3.63) is 64.5 Å². The van der Waals surface area contributed by atoms with Crippen molar-refractivity contribution in [3.8, 4) is 5.69 Å². The normalized spacial score (nSPS) is 20.5. The zero-order valence-electron chi connectivity index (χ0n) is 16.8. The number of rotatable bonds is 2. The second-order valence-corrected chi connectivity index (χ2v) is 9.39. The summed E-state index contributed by atoms with van der Waals surface area (Å²) in [4.78, 5) is 4.59. The molecule has 0 atom stereocenters. The second-order valence-electron chi connectivity index (χ2n) is 8.15. The molecule has 6 rings (SSSR count). The maximum Gasteiger partial charge on any atom is 0.151 e. The fourth-order valence-electron chi connectivity index (χ4n) is 4.89. The van der Waals surface area contributed by atoms with Crippen molar-refractivity contribution < 1.29 is 0 Å². The van der Waals surface area contributed by atoms with Crippen LogP contribution in [-0.2, 0) is 13.1 Å². The molecule has 1 aliphatic heterocycles. The van der Waals surface area contributed by atoms with Crippen molar-refractivity contribution in [1.82, 2.24) is 29.4 Å². The highest BCUT2D eigenvalue weighted by molar-refractivity contribution is 7.13. The smallest absolute Gasteiger partial charge is 0.151 e. The number of aromatic nitrogens is 5. The lowest BCUT2D eigenvalue weighted by atomic mass is 9.80. The van der Waals surface area contributed by atoms with E-state index >= 15 is 0 Å². The van der Waals surface area contributed by atoms with Crippen LogP contribution in [0.25, 0.3) is 15.9 Å². The average Bonchev–Trinajstić information content (AvgIpc) is 3.34. The first-order valence-electron chi connectivity index (χ1n) is 10.4. The molecule has 2 aliphatic rings. The molecule has 1 N–H and O–H groups in total. The summed E-state index contributed by atoms with van der Waals surface area (Å²) in [5, 5.41) is 13.4. The summed E-state index contributed by atoms with van der Waals surface area (Å²) in [6.45, 7) is 1.50. The minimum atomic E-state index is 0. The number of pyridine rings is 1. The maximum absolute atomic E-state index is 6.25. The monoisotopic (exact) mass is 472 g/mol. The summed E-state index contributed by atoms with van der Waals surface area (Å²) >= 11 is 7.81. The van der Waals surface area contributed by atoms with Gasteiger partial charge in [0, 0.05) is 29.6 Å². The molecule has 31 heavy (non-hydrogen) atoms. The molecule has 4 heterocycles. The molecule has 1 aliphatic carbocycles. The van der Waals surface area contributed by atoms with Crippen molar-refractivity contribution in [2.45, 2.75) is 50.6 Å². The fraction of sp³-hybridized carbons (Fsp3) is 0.364. The van der Waals surface area contributed by atoms with Gasteiger partial charge in [-0.3, -0.25) is 9.55 Å². The SMILES string of the molecule is Cl.Clc1ccc2c(c1)CNCc1nnc(C3CCC(c4nsc5cccnc45)CC3)n1-2. The molecule has 0 saturated heterocycles. The molecule has 0 unspecified atom stereocenters. The summed E-state index contributed by atoms with van der Waals surface area (Å²) in [7, 11) is 0. The third-order valence-electron chi connectivity index (χ3n) is 6.37. The number of nitrogens with zero attached hydrogens (tertiary/aromatic N) is 5. The largest absolute Gasteiger partial charge is 0.306 e. The number of fused-ring (bicyclic) bond motifs is 4. The number of nitrogens with one attached hydrogen (secondary N) is 1. The average molecular weight is 473 g/mol. The van der Waals surface area contributed by atoms with E-state index in [2.05, 4.69) is 37.2 Å². The molecule has 9 heteroatoms. The lowest BCUT2D eigenvalue weighted by Crippen LogP contribution is -2.17. The van der Waals surface area contributed by atoms with E-state index in [4.69, 9.17) is 16.0 Å². The van der Waals surface area contributed by atoms with Gasteiger partial charge in [0.05, 0.1) is 22.6 Å². The van der Waals surface area contributed by atoms with Crippen LogP contribution >= 0.6 is 35.5 Å². The minimum absolute atomic E-state index is 0. The van der Waals surface area contributed by atoms with Crippen LogP contribution in [0, 0.1) is 0 Å². The van der Waals surface area contributed by atoms with Gasteiger partial charge in [0.25, 0.3) is 0 Å². The standard InChI is InChI=1S/C22H21ClN6S.ClH/c23-16-7-8-17-15(10-16)11-24-12-19-26-27-22(29(17)19)14-5-3-13(4-6-14)20-21-18(30-28-20)2-1-9-25-21;/h1-2,7-10,13-14,24H,3-6,11-12H2;1H. The molecule has 1 saturated carbocycles. The molecule has 1 aromatic carbocycles. The van der Waals surface area contributed by atoms with Crippen LogP contribution in [0.5, 0.6) is 0 Å². The molecule has 3 aromatic heterocycles. The number of hydrogen-bond acceptors (Lipinski definition) is 6. The predicted octanol–water partition coefficient (Wildman–Crippen LogP) is 5.39. The van der Waals surface area contributed by atoms with Crippen LogP contribution < -0.4 is 5.32 Å². The molecule has 0 bridgehead atoms. The van der Waals surface area contributed by atoms with E-state index in [-0.39, 0.29) is 12.4 Å². The number of halogens is 2. The topological polar surface area (TPSA) is 68.5 Å². The van der Waals surface area contributed by atoms with Crippen molar-refractivity contribution in [3.63, 3.8) is 0 Å². The highest BCUT2D eigenvalue weighted by atomic mass is 35.5. The Kier molecular flexibility index (Phi) is 5.69. The highest BCUT2D eigenvalue weighted by Gasteiger charge is 2.31. The van der Waals surface area contributed by atoms with Gasteiger partial charge in [-0.15, -0.1) is 22.6 Å². The van der Waals surface area contributed by atoms with Gasteiger partial charge < -0.3 is 5.32 Å². The molecule has 1 fully saturated rings. The third-order valence-corrected chi connectivity index (χ3v) is 7.42. The van der Waals surface area contributed by atoms with Crippen LogP contribution in [-0.4, -0.2) is 24.1 Å². The zero-order valence-corrected chi connectivity index (χ0v) is 19.2. The fourth-order valence-corrected chi connectivity index (χ4v) is 5.90. The first kappa shape index (κ1) is 20.8. The third kappa shape index (κ3) is 3.63. The highest BCUT2D eigenvalue weighted by Crippen LogP contribution is 2.42. The molecule has 4 aromatic rings. The van der Waals surface area contributed by atoms with Crippen LogP contribution in [0.4, 0.5) is 0 Å². The van der Waals surface area contributed by atoms with Crippen molar-refractivity contribution in [2.75, 3.05) is 0 Å². The second kappa shape index (κ2) is 8.47. The molecule has 0 radical (unpaired) electrons. The van der Waals surface area contributed by atoms with Gasteiger partial charge >= 0.3 is 0 Å². The van der Waals surface area contributed by atoms with Gasteiger partial charge in [-0.05, 0) is 73.1 Å². The van der Waals surface area contributed by atoms with Gasteiger partial charge in [0.15, 0.2) is 5.82 Å². The zero-order chi connectivity index (χ0) is 20.1. The summed E-state index contributed by atoms with van der Waals surface area (Å²) < 4.78 is 8.19. The Balaban J connectivity index is 0.00000204. The van der Waals surface area contributed by atoms with E-state index in [0.717, 1.165) is 60.1 Å². The molecule has 0 spiro atoms. The summed E-state index contributed by atoms with van der Waals surface area (Å²) in [5.74, 6) is 2.94. The molecule has 0 amide bonds. The lowest BCUT2D eigenvalue weighted by molar-refractivity contribution is 0.380. The summed E-state index contributed by atoms with van der Waals surface area (Å²) in [6.07, 6.45) is 6.26. The first-order chi connectivity index (χ1) is 14.8. The van der Waals surface area contributed by atoms with E-state index in [1.807, 2.05) is 24.4 Å². The Labute approximate surface area is 195 Å². The quantitative estimate of drug-likeness (QED) is 0.423. The molecular weight excluding hydrogens is 451 g/mol. The van der Waals surface area contributed by atoms with E-state index in [9.17, 15) is 0 Å². The van der Waals surface area contributed by atoms with Crippen molar-refractivity contribution >= 4 is 45.8 Å². The van der Waals surface area contributed by atoms with Gasteiger partial charge in [-0.1, -0.05) is 11.6 Å². The maximum atomic E-state index is 6.25. The first-order valence-corrected chi connectivity index (χ1v) is 11.6. The van der Waals surface area contributed by atoms with Gasteiger partial charge in [0.1, 0.15) is 11.3 Å². The molecule has 160 valence electrons. The Morgan fingerprint density at radius 3 is 2.74 bits per heavy atom. The Morgan fingerprint density at radius 2 is 1.87 bits per heavy atom. The number of benzene rings is 1. The van der Waals surface area contributed by atoms with Crippen LogP contribution in [0.2, 0.25) is 5.02 Å². The van der Waals surface area contributed by atoms with E-state index in [1.54, 1.807) is 11.5 Å².